The average molecular weight is 353 g/mol. The van der Waals surface area contributed by atoms with Crippen molar-refractivity contribution in [3.63, 3.8) is 0 Å². The SMILES string of the molecule is C[C@H]1c2ccccc2C(C)(C)C1(F)CNC(=O)C1(C(F)F)C=CNN1. The number of benzene rings is 1. The van der Waals surface area contributed by atoms with Gasteiger partial charge >= 0.3 is 0 Å². The van der Waals surface area contributed by atoms with Gasteiger partial charge in [-0.3, -0.25) is 4.79 Å². The highest BCUT2D eigenvalue weighted by molar-refractivity contribution is 5.89. The molecule has 0 saturated heterocycles. The zero-order valence-electron chi connectivity index (χ0n) is 14.4. The Morgan fingerprint density at radius 3 is 2.56 bits per heavy atom. The number of rotatable bonds is 4. The third kappa shape index (κ3) is 2.36. The number of halogens is 3. The highest BCUT2D eigenvalue weighted by Gasteiger charge is 2.58. The van der Waals surface area contributed by atoms with Gasteiger partial charge in [0.1, 0.15) is 5.67 Å². The molecular formula is C18H22F3N3O. The number of alkyl halides is 3. The lowest BCUT2D eigenvalue weighted by Gasteiger charge is -2.38. The average Bonchev–Trinajstić information content (AvgIpc) is 3.13. The van der Waals surface area contributed by atoms with Crippen LogP contribution in [0.1, 0.15) is 37.8 Å². The van der Waals surface area contributed by atoms with Crippen LogP contribution in [0.25, 0.3) is 0 Å². The summed E-state index contributed by atoms with van der Waals surface area (Å²) in [6.45, 7) is 4.97. The first-order valence-corrected chi connectivity index (χ1v) is 8.22. The van der Waals surface area contributed by atoms with E-state index in [0.717, 1.165) is 17.2 Å². The van der Waals surface area contributed by atoms with Gasteiger partial charge in [-0.15, -0.1) is 0 Å². The van der Waals surface area contributed by atoms with Crippen molar-refractivity contribution in [3.05, 3.63) is 47.7 Å². The van der Waals surface area contributed by atoms with Crippen molar-refractivity contribution in [2.75, 3.05) is 6.54 Å². The molecule has 0 fully saturated rings. The minimum absolute atomic E-state index is 0.349. The van der Waals surface area contributed by atoms with E-state index in [2.05, 4.69) is 16.2 Å². The predicted octanol–water partition coefficient (Wildman–Crippen LogP) is 2.53. The van der Waals surface area contributed by atoms with Crippen molar-refractivity contribution in [1.82, 2.24) is 16.2 Å². The predicted molar refractivity (Wildman–Crippen MR) is 88.9 cm³/mol. The summed E-state index contributed by atoms with van der Waals surface area (Å²) in [6.07, 6.45) is -0.689. The van der Waals surface area contributed by atoms with Gasteiger partial charge in [0.25, 0.3) is 12.3 Å². The van der Waals surface area contributed by atoms with Crippen molar-refractivity contribution >= 4 is 5.91 Å². The van der Waals surface area contributed by atoms with Crippen LogP contribution in [-0.4, -0.2) is 30.1 Å². The number of amides is 1. The third-order valence-corrected chi connectivity index (χ3v) is 5.76. The number of carbonyl (C=O) groups excluding carboxylic acids is 1. The lowest BCUT2D eigenvalue weighted by Crippen LogP contribution is -2.62. The zero-order valence-corrected chi connectivity index (χ0v) is 14.4. The first-order valence-electron chi connectivity index (χ1n) is 8.22. The Balaban J connectivity index is 1.84. The van der Waals surface area contributed by atoms with Gasteiger partial charge in [0.05, 0.1) is 6.54 Å². The van der Waals surface area contributed by atoms with Gasteiger partial charge in [-0.25, -0.2) is 18.6 Å². The van der Waals surface area contributed by atoms with Crippen molar-refractivity contribution in [2.24, 2.45) is 0 Å². The summed E-state index contributed by atoms with van der Waals surface area (Å²) in [5.41, 5.74) is 1.58. The highest BCUT2D eigenvalue weighted by Crippen LogP contribution is 2.54. The van der Waals surface area contributed by atoms with Crippen LogP contribution in [-0.2, 0) is 10.2 Å². The summed E-state index contributed by atoms with van der Waals surface area (Å²) in [5.74, 6) is -1.42. The molecule has 1 aromatic rings. The van der Waals surface area contributed by atoms with Gasteiger partial charge in [-0.2, -0.15) is 0 Å². The van der Waals surface area contributed by atoms with Crippen LogP contribution in [0.3, 0.4) is 0 Å². The maximum Gasteiger partial charge on any atom is 0.270 e. The van der Waals surface area contributed by atoms with E-state index >= 15 is 4.39 Å². The summed E-state index contributed by atoms with van der Waals surface area (Å²) in [5, 5.41) is 2.40. The second-order valence-corrected chi connectivity index (χ2v) is 7.25. The van der Waals surface area contributed by atoms with E-state index < -0.39 is 34.9 Å². The zero-order chi connectivity index (χ0) is 18.5. The van der Waals surface area contributed by atoms with Crippen molar-refractivity contribution in [3.8, 4) is 0 Å². The van der Waals surface area contributed by atoms with E-state index in [9.17, 15) is 13.6 Å². The number of hydrogen-bond donors (Lipinski definition) is 3. The van der Waals surface area contributed by atoms with E-state index in [1.807, 2.05) is 24.3 Å². The van der Waals surface area contributed by atoms with E-state index in [0.29, 0.717) is 0 Å². The monoisotopic (exact) mass is 353 g/mol. The van der Waals surface area contributed by atoms with Crippen LogP contribution in [0.2, 0.25) is 0 Å². The van der Waals surface area contributed by atoms with Crippen LogP contribution < -0.4 is 16.2 Å². The van der Waals surface area contributed by atoms with Gasteiger partial charge in [-0.1, -0.05) is 45.0 Å². The number of hydrogen-bond acceptors (Lipinski definition) is 3. The Morgan fingerprint density at radius 2 is 2.00 bits per heavy atom. The highest BCUT2D eigenvalue weighted by atomic mass is 19.3. The molecule has 1 aromatic carbocycles. The Kier molecular flexibility index (Phi) is 4.10. The fourth-order valence-electron chi connectivity index (χ4n) is 3.92. The summed E-state index contributed by atoms with van der Waals surface area (Å²) >= 11 is 0. The molecule has 3 rings (SSSR count). The van der Waals surface area contributed by atoms with Crippen LogP contribution in [0.4, 0.5) is 13.2 Å². The molecule has 0 radical (unpaired) electrons. The summed E-state index contributed by atoms with van der Waals surface area (Å²) in [7, 11) is 0. The quantitative estimate of drug-likeness (QED) is 0.780. The van der Waals surface area contributed by atoms with E-state index in [-0.39, 0.29) is 6.54 Å². The fourth-order valence-corrected chi connectivity index (χ4v) is 3.92. The normalized spacial score (nSPS) is 32.5. The van der Waals surface area contributed by atoms with Gasteiger partial charge in [0, 0.05) is 17.5 Å². The Hall–Kier alpha value is -2.02. The molecule has 1 aliphatic heterocycles. The van der Waals surface area contributed by atoms with Crippen LogP contribution >= 0.6 is 0 Å². The Labute approximate surface area is 144 Å². The molecule has 0 aromatic heterocycles. The Morgan fingerprint density at radius 1 is 1.32 bits per heavy atom. The third-order valence-electron chi connectivity index (χ3n) is 5.76. The van der Waals surface area contributed by atoms with Crippen molar-refractivity contribution in [1.29, 1.82) is 0 Å². The molecule has 4 nitrogen and oxygen atoms in total. The standard InChI is InChI=1S/C18H22F3N3O/c1-11-12-6-4-5-7-13(12)16(2,3)18(11,21)10-22-15(25)17(14(19)20)8-9-23-24-17/h4-9,11,14,23-24H,10H2,1-3H3,(H,22,25)/t11-,17?,18?/m0/s1. The molecule has 2 aliphatic rings. The molecule has 3 atom stereocenters. The number of nitrogens with one attached hydrogen (secondary N) is 3. The van der Waals surface area contributed by atoms with Crippen molar-refractivity contribution in [2.45, 2.75) is 49.7 Å². The lowest BCUT2D eigenvalue weighted by molar-refractivity contribution is -0.132. The molecule has 0 saturated carbocycles. The summed E-state index contributed by atoms with van der Waals surface area (Å²) < 4.78 is 42.7. The first kappa shape index (κ1) is 17.8. The Bertz CT molecular complexity index is 721. The molecule has 0 spiro atoms. The van der Waals surface area contributed by atoms with Crippen LogP contribution in [0, 0.1) is 0 Å². The van der Waals surface area contributed by atoms with Gasteiger partial charge in [-0.05, 0) is 17.2 Å². The lowest BCUT2D eigenvalue weighted by atomic mass is 9.73. The minimum atomic E-state index is -2.97. The largest absolute Gasteiger partial charge is 0.351 e. The number of hydrazine groups is 1. The first-order chi connectivity index (χ1) is 11.7. The van der Waals surface area contributed by atoms with Crippen LogP contribution in [0.15, 0.2) is 36.5 Å². The van der Waals surface area contributed by atoms with E-state index in [4.69, 9.17) is 0 Å². The molecule has 1 amide bonds. The second-order valence-electron chi connectivity index (χ2n) is 7.25. The van der Waals surface area contributed by atoms with Gasteiger partial charge in [0.2, 0.25) is 0 Å². The van der Waals surface area contributed by atoms with Crippen molar-refractivity contribution < 1.29 is 18.0 Å². The smallest absolute Gasteiger partial charge is 0.270 e. The van der Waals surface area contributed by atoms with Gasteiger partial charge in [0.15, 0.2) is 5.54 Å². The molecule has 1 heterocycles. The maximum atomic E-state index is 16.0. The summed E-state index contributed by atoms with van der Waals surface area (Å²) in [4.78, 5) is 12.4. The van der Waals surface area contributed by atoms with E-state index in [1.54, 1.807) is 20.8 Å². The number of carbonyl (C=O) groups is 1. The molecule has 136 valence electrons. The second kappa shape index (κ2) is 5.76. The topological polar surface area (TPSA) is 53.2 Å². The fraction of sp³-hybridized carbons (Fsp3) is 0.500. The number of fused-ring (bicyclic) bond motifs is 1. The molecule has 1 aliphatic carbocycles. The molecule has 0 bridgehead atoms. The molecule has 2 unspecified atom stereocenters. The van der Waals surface area contributed by atoms with E-state index in [1.165, 1.54) is 6.20 Å². The maximum absolute atomic E-state index is 16.0. The van der Waals surface area contributed by atoms with Crippen LogP contribution in [0.5, 0.6) is 0 Å². The summed E-state index contributed by atoms with van der Waals surface area (Å²) in [6, 6.07) is 7.44. The molecule has 3 N–H and O–H groups in total. The molecule has 25 heavy (non-hydrogen) atoms. The van der Waals surface area contributed by atoms with Gasteiger partial charge < -0.3 is 10.7 Å². The molecule has 7 heteroatoms. The minimum Gasteiger partial charge on any atom is -0.351 e. The molecular weight excluding hydrogens is 331 g/mol.